The highest BCUT2D eigenvalue weighted by molar-refractivity contribution is 6.10. The van der Waals surface area contributed by atoms with Crippen LogP contribution in [0.1, 0.15) is 43.2 Å². The SMILES string of the molecule is Cc1[nH]c2ccccc2c1C(=O)COC(=O)CCNC(=O)OC(C)(C)C. The summed E-state index contributed by atoms with van der Waals surface area (Å²) in [6.45, 7) is 6.79. The third-order valence-corrected chi connectivity index (χ3v) is 3.53. The fraction of sp³-hybridized carbons (Fsp3) is 0.421. The summed E-state index contributed by atoms with van der Waals surface area (Å²) < 4.78 is 10.1. The normalized spacial score (nSPS) is 11.2. The highest BCUT2D eigenvalue weighted by Gasteiger charge is 2.18. The number of aromatic amines is 1. The van der Waals surface area contributed by atoms with Crippen molar-refractivity contribution in [3.05, 3.63) is 35.5 Å². The average Bonchev–Trinajstić information content (AvgIpc) is 2.86. The van der Waals surface area contributed by atoms with Crippen molar-refractivity contribution in [1.29, 1.82) is 0 Å². The zero-order valence-corrected chi connectivity index (χ0v) is 15.5. The number of para-hydroxylation sites is 1. The molecule has 1 heterocycles. The van der Waals surface area contributed by atoms with E-state index in [0.29, 0.717) is 5.56 Å². The van der Waals surface area contributed by atoms with E-state index in [1.54, 1.807) is 27.7 Å². The van der Waals surface area contributed by atoms with Gasteiger partial charge in [-0.2, -0.15) is 0 Å². The molecule has 0 aliphatic carbocycles. The molecule has 0 saturated carbocycles. The number of ketones is 1. The van der Waals surface area contributed by atoms with Crippen molar-refractivity contribution < 1.29 is 23.9 Å². The third-order valence-electron chi connectivity index (χ3n) is 3.53. The summed E-state index contributed by atoms with van der Waals surface area (Å²) >= 11 is 0. The van der Waals surface area contributed by atoms with E-state index < -0.39 is 17.7 Å². The molecule has 1 aromatic carbocycles. The molecule has 0 atom stereocenters. The van der Waals surface area contributed by atoms with Crippen molar-refractivity contribution in [2.75, 3.05) is 13.2 Å². The molecular weight excluding hydrogens is 336 g/mol. The molecule has 0 aliphatic heterocycles. The van der Waals surface area contributed by atoms with Crippen molar-refractivity contribution in [3.63, 3.8) is 0 Å². The molecule has 2 rings (SSSR count). The number of rotatable bonds is 6. The molecule has 2 N–H and O–H groups in total. The van der Waals surface area contributed by atoms with Crippen LogP contribution in [0.4, 0.5) is 4.79 Å². The largest absolute Gasteiger partial charge is 0.457 e. The number of aryl methyl sites for hydroxylation is 1. The number of hydrogen-bond acceptors (Lipinski definition) is 5. The van der Waals surface area contributed by atoms with Crippen LogP contribution >= 0.6 is 0 Å². The van der Waals surface area contributed by atoms with Gasteiger partial charge < -0.3 is 19.8 Å². The highest BCUT2D eigenvalue weighted by atomic mass is 16.6. The van der Waals surface area contributed by atoms with E-state index in [0.717, 1.165) is 16.6 Å². The Hall–Kier alpha value is -2.83. The van der Waals surface area contributed by atoms with Crippen LogP contribution in [0.25, 0.3) is 10.9 Å². The lowest BCUT2D eigenvalue weighted by molar-refractivity contribution is -0.142. The van der Waals surface area contributed by atoms with E-state index in [2.05, 4.69) is 10.3 Å². The number of amides is 1. The molecule has 26 heavy (non-hydrogen) atoms. The number of benzene rings is 1. The Bertz CT molecular complexity index is 817. The molecule has 0 fully saturated rings. The van der Waals surface area contributed by atoms with E-state index in [9.17, 15) is 14.4 Å². The molecule has 0 radical (unpaired) electrons. The average molecular weight is 360 g/mol. The smallest absolute Gasteiger partial charge is 0.407 e. The number of hydrogen-bond donors (Lipinski definition) is 2. The molecule has 2 aromatic rings. The first-order chi connectivity index (χ1) is 12.2. The van der Waals surface area contributed by atoms with Crippen molar-refractivity contribution >= 4 is 28.7 Å². The van der Waals surface area contributed by atoms with Gasteiger partial charge in [0.2, 0.25) is 5.78 Å². The molecular formula is C19H24N2O5. The Labute approximate surface area is 152 Å². The van der Waals surface area contributed by atoms with E-state index in [1.807, 2.05) is 24.3 Å². The minimum atomic E-state index is -0.603. The summed E-state index contributed by atoms with van der Waals surface area (Å²) in [6, 6.07) is 7.46. The standard InChI is InChI=1S/C19H24N2O5/c1-12-17(13-7-5-6-8-14(13)21-12)15(22)11-25-16(23)9-10-20-18(24)26-19(2,3)4/h5-8,21H,9-11H2,1-4H3,(H,20,24). The van der Waals surface area contributed by atoms with E-state index >= 15 is 0 Å². The summed E-state index contributed by atoms with van der Waals surface area (Å²) in [6.07, 6.45) is -0.643. The van der Waals surface area contributed by atoms with Gasteiger partial charge in [0.15, 0.2) is 6.61 Å². The zero-order valence-electron chi connectivity index (χ0n) is 15.5. The van der Waals surface area contributed by atoms with Crippen LogP contribution in [-0.2, 0) is 14.3 Å². The van der Waals surface area contributed by atoms with Crippen molar-refractivity contribution in [2.45, 2.75) is 39.7 Å². The molecule has 7 heteroatoms. The van der Waals surface area contributed by atoms with E-state index in [4.69, 9.17) is 9.47 Å². The van der Waals surface area contributed by atoms with Crippen LogP contribution in [0.5, 0.6) is 0 Å². The van der Waals surface area contributed by atoms with Gasteiger partial charge in [0.05, 0.1) is 6.42 Å². The van der Waals surface area contributed by atoms with Crippen LogP contribution in [0, 0.1) is 6.92 Å². The number of esters is 1. The fourth-order valence-corrected chi connectivity index (χ4v) is 2.51. The fourth-order valence-electron chi connectivity index (χ4n) is 2.51. The second-order valence-corrected chi connectivity index (χ2v) is 6.93. The third kappa shape index (κ3) is 5.34. The zero-order chi connectivity index (χ0) is 19.3. The lowest BCUT2D eigenvalue weighted by Crippen LogP contribution is -2.33. The van der Waals surface area contributed by atoms with Gasteiger partial charge >= 0.3 is 12.1 Å². The van der Waals surface area contributed by atoms with Gasteiger partial charge in [-0.1, -0.05) is 18.2 Å². The number of nitrogens with one attached hydrogen (secondary N) is 2. The van der Waals surface area contributed by atoms with E-state index in [1.165, 1.54) is 0 Å². The Balaban J connectivity index is 1.81. The molecule has 1 amide bonds. The monoisotopic (exact) mass is 360 g/mol. The van der Waals surface area contributed by atoms with Crippen molar-refractivity contribution in [1.82, 2.24) is 10.3 Å². The number of carbonyl (C=O) groups excluding carboxylic acids is 3. The van der Waals surface area contributed by atoms with Crippen LogP contribution in [-0.4, -0.2) is 41.6 Å². The van der Waals surface area contributed by atoms with Crippen molar-refractivity contribution in [3.8, 4) is 0 Å². The number of ether oxygens (including phenoxy) is 2. The van der Waals surface area contributed by atoms with E-state index in [-0.39, 0.29) is 25.4 Å². The molecule has 0 spiro atoms. The number of alkyl carbamates (subject to hydrolysis) is 1. The second kappa shape index (κ2) is 8.03. The Morgan fingerprint density at radius 3 is 2.54 bits per heavy atom. The number of Topliss-reactive ketones (excluding diaryl/α,β-unsaturated/α-hetero) is 1. The first-order valence-electron chi connectivity index (χ1n) is 8.40. The quantitative estimate of drug-likeness (QED) is 0.609. The minimum absolute atomic E-state index is 0.0423. The summed E-state index contributed by atoms with van der Waals surface area (Å²) in [4.78, 5) is 38.8. The van der Waals surface area contributed by atoms with Gasteiger partial charge in [-0.25, -0.2) is 4.79 Å². The van der Waals surface area contributed by atoms with Crippen LogP contribution in [0.2, 0.25) is 0 Å². The van der Waals surface area contributed by atoms with Gasteiger partial charge in [-0.05, 0) is 33.8 Å². The predicted octanol–water partition coefficient (Wildman–Crippen LogP) is 3.12. The van der Waals surface area contributed by atoms with Crippen LogP contribution in [0.15, 0.2) is 24.3 Å². The molecule has 1 aromatic heterocycles. The predicted molar refractivity (Wildman–Crippen MR) is 97.2 cm³/mol. The van der Waals surface area contributed by atoms with Crippen molar-refractivity contribution in [2.24, 2.45) is 0 Å². The molecule has 140 valence electrons. The van der Waals surface area contributed by atoms with Crippen LogP contribution < -0.4 is 5.32 Å². The van der Waals surface area contributed by atoms with Gasteiger partial charge in [-0.15, -0.1) is 0 Å². The molecule has 0 saturated heterocycles. The number of aromatic nitrogens is 1. The summed E-state index contributed by atoms with van der Waals surface area (Å²) in [5.74, 6) is -0.833. The lowest BCUT2D eigenvalue weighted by Gasteiger charge is -2.19. The summed E-state index contributed by atoms with van der Waals surface area (Å²) in [5.41, 5.74) is 1.52. The van der Waals surface area contributed by atoms with Crippen LogP contribution in [0.3, 0.4) is 0 Å². The molecule has 0 bridgehead atoms. The number of carbonyl (C=O) groups is 3. The summed E-state index contributed by atoms with van der Waals surface area (Å²) in [7, 11) is 0. The topological polar surface area (TPSA) is 97.5 Å². The first-order valence-corrected chi connectivity index (χ1v) is 8.40. The minimum Gasteiger partial charge on any atom is -0.457 e. The Kier molecular flexibility index (Phi) is 6.02. The Morgan fingerprint density at radius 2 is 1.85 bits per heavy atom. The molecule has 0 aliphatic rings. The van der Waals surface area contributed by atoms with Gasteiger partial charge in [0, 0.05) is 28.7 Å². The maximum atomic E-state index is 12.4. The Morgan fingerprint density at radius 1 is 1.15 bits per heavy atom. The second-order valence-electron chi connectivity index (χ2n) is 6.93. The maximum Gasteiger partial charge on any atom is 0.407 e. The summed E-state index contributed by atoms with van der Waals surface area (Å²) in [5, 5.41) is 3.27. The molecule has 0 unspecified atom stereocenters. The maximum absolute atomic E-state index is 12.4. The highest BCUT2D eigenvalue weighted by Crippen LogP contribution is 2.22. The lowest BCUT2D eigenvalue weighted by atomic mass is 10.1. The molecule has 7 nitrogen and oxygen atoms in total. The number of H-pyrrole nitrogens is 1. The van der Waals surface area contributed by atoms with Gasteiger partial charge in [0.25, 0.3) is 0 Å². The van der Waals surface area contributed by atoms with Gasteiger partial charge in [-0.3, -0.25) is 9.59 Å². The van der Waals surface area contributed by atoms with Gasteiger partial charge in [0.1, 0.15) is 5.60 Å². The first kappa shape index (κ1) is 19.5. The number of fused-ring (bicyclic) bond motifs is 1.